The van der Waals surface area contributed by atoms with Gasteiger partial charge in [-0.25, -0.2) is 4.99 Å². The first-order valence-corrected chi connectivity index (χ1v) is 7.44. The lowest BCUT2D eigenvalue weighted by Crippen LogP contribution is -2.47. The van der Waals surface area contributed by atoms with Crippen LogP contribution in [0.1, 0.15) is 33.3 Å². The third kappa shape index (κ3) is 8.95. The molecule has 0 unspecified atom stereocenters. The van der Waals surface area contributed by atoms with Crippen LogP contribution in [-0.4, -0.2) is 30.8 Å². The van der Waals surface area contributed by atoms with Crippen molar-refractivity contribution in [3.8, 4) is 5.75 Å². The third-order valence-electron chi connectivity index (χ3n) is 2.58. The van der Waals surface area contributed by atoms with Gasteiger partial charge in [-0.1, -0.05) is 12.1 Å². The number of hydrogen-bond donors (Lipinski definition) is 2. The number of alkyl halides is 3. The summed E-state index contributed by atoms with van der Waals surface area (Å²) >= 11 is 0. The van der Waals surface area contributed by atoms with Crippen molar-refractivity contribution in [2.75, 3.05) is 13.2 Å². The molecule has 1 aromatic carbocycles. The van der Waals surface area contributed by atoms with E-state index in [0.717, 1.165) is 12.1 Å². The van der Waals surface area contributed by atoms with E-state index in [0.29, 0.717) is 12.5 Å². The summed E-state index contributed by atoms with van der Waals surface area (Å²) in [5.41, 5.74) is 0.770. The Labute approximate surface area is 135 Å². The highest BCUT2D eigenvalue weighted by Gasteiger charge is 2.28. The van der Waals surface area contributed by atoms with Crippen molar-refractivity contribution < 1.29 is 17.9 Å². The molecule has 0 saturated carbocycles. The number of guanidine groups is 1. The first kappa shape index (κ1) is 19.1. The molecule has 0 fully saturated rings. The minimum Gasteiger partial charge on any atom is -0.484 e. The number of aliphatic imine (C=N–C) groups is 1. The van der Waals surface area contributed by atoms with Crippen LogP contribution in [0.4, 0.5) is 13.2 Å². The number of ether oxygens (including phenoxy) is 1. The molecule has 0 aliphatic heterocycles. The van der Waals surface area contributed by atoms with Gasteiger partial charge in [0.05, 0.1) is 6.54 Å². The fraction of sp³-hybridized carbons (Fsp3) is 0.562. The average molecular weight is 331 g/mol. The molecule has 0 aliphatic carbocycles. The van der Waals surface area contributed by atoms with Crippen LogP contribution in [0.15, 0.2) is 29.3 Å². The van der Waals surface area contributed by atoms with E-state index in [1.165, 1.54) is 12.1 Å². The van der Waals surface area contributed by atoms with Crippen LogP contribution in [0, 0.1) is 0 Å². The summed E-state index contributed by atoms with van der Waals surface area (Å²) in [5.74, 6) is 0.882. The lowest BCUT2D eigenvalue weighted by molar-refractivity contribution is -0.153. The van der Waals surface area contributed by atoms with Gasteiger partial charge in [-0.15, -0.1) is 0 Å². The summed E-state index contributed by atoms with van der Waals surface area (Å²) < 4.78 is 40.9. The molecule has 2 N–H and O–H groups in total. The highest BCUT2D eigenvalue weighted by atomic mass is 19.4. The van der Waals surface area contributed by atoms with Gasteiger partial charge in [-0.3, -0.25) is 0 Å². The standard InChI is InChI=1S/C16H24F3N3O/c1-5-20-14(22-15(2,3)4)21-10-12-6-8-13(9-7-12)23-11-16(17,18)19/h6-9H,5,10-11H2,1-4H3,(H2,20,21,22). The Balaban J connectivity index is 2.63. The van der Waals surface area contributed by atoms with E-state index in [4.69, 9.17) is 0 Å². The van der Waals surface area contributed by atoms with Crippen LogP contribution in [0.2, 0.25) is 0 Å². The first-order valence-electron chi connectivity index (χ1n) is 7.44. The number of nitrogens with one attached hydrogen (secondary N) is 2. The van der Waals surface area contributed by atoms with E-state index in [9.17, 15) is 13.2 Å². The minimum absolute atomic E-state index is 0.115. The van der Waals surface area contributed by atoms with Crippen LogP contribution in [0.5, 0.6) is 5.75 Å². The Morgan fingerprint density at radius 3 is 2.22 bits per heavy atom. The summed E-state index contributed by atoms with van der Waals surface area (Å²) in [5, 5.41) is 6.41. The average Bonchev–Trinajstić information content (AvgIpc) is 2.41. The lowest BCUT2D eigenvalue weighted by Gasteiger charge is -2.23. The molecule has 4 nitrogen and oxygen atoms in total. The molecule has 0 aliphatic rings. The fourth-order valence-corrected chi connectivity index (χ4v) is 1.69. The molecule has 1 rings (SSSR count). The van der Waals surface area contributed by atoms with E-state index in [1.807, 2.05) is 27.7 Å². The van der Waals surface area contributed by atoms with E-state index in [2.05, 4.69) is 20.4 Å². The number of nitrogens with zero attached hydrogens (tertiary/aromatic N) is 1. The van der Waals surface area contributed by atoms with Gasteiger partial charge in [-0.2, -0.15) is 13.2 Å². The number of hydrogen-bond acceptors (Lipinski definition) is 2. The van der Waals surface area contributed by atoms with Gasteiger partial charge in [-0.05, 0) is 45.4 Å². The molecule has 0 atom stereocenters. The third-order valence-corrected chi connectivity index (χ3v) is 2.58. The zero-order valence-electron chi connectivity index (χ0n) is 13.9. The molecule has 1 aromatic rings. The molecule has 0 aromatic heterocycles. The Bertz CT molecular complexity index is 505. The molecule has 0 saturated heterocycles. The number of halogens is 3. The molecule has 23 heavy (non-hydrogen) atoms. The van der Waals surface area contributed by atoms with Gasteiger partial charge in [0.15, 0.2) is 12.6 Å². The second-order valence-corrected chi connectivity index (χ2v) is 6.12. The lowest BCUT2D eigenvalue weighted by atomic mass is 10.1. The summed E-state index contributed by atoms with van der Waals surface area (Å²) in [6.07, 6.45) is -4.33. The Kier molecular flexibility index (Phi) is 6.72. The van der Waals surface area contributed by atoms with E-state index >= 15 is 0 Å². The molecular formula is C16H24F3N3O. The van der Waals surface area contributed by atoms with Crippen molar-refractivity contribution in [2.45, 2.75) is 46.0 Å². The highest BCUT2D eigenvalue weighted by Crippen LogP contribution is 2.19. The Morgan fingerprint density at radius 2 is 1.74 bits per heavy atom. The fourth-order valence-electron chi connectivity index (χ4n) is 1.69. The quantitative estimate of drug-likeness (QED) is 0.641. The zero-order chi connectivity index (χ0) is 17.5. The largest absolute Gasteiger partial charge is 0.484 e. The molecule has 0 bridgehead atoms. The summed E-state index contributed by atoms with van der Waals surface area (Å²) in [6.45, 7) is 7.96. The molecular weight excluding hydrogens is 307 g/mol. The minimum atomic E-state index is -4.33. The molecule has 0 spiro atoms. The maximum atomic E-state index is 12.1. The maximum absolute atomic E-state index is 12.1. The predicted octanol–water partition coefficient (Wildman–Crippen LogP) is 3.48. The van der Waals surface area contributed by atoms with Gasteiger partial charge >= 0.3 is 6.18 Å². The molecule has 0 radical (unpaired) electrons. The van der Waals surface area contributed by atoms with Gasteiger partial charge in [0.2, 0.25) is 0 Å². The second-order valence-electron chi connectivity index (χ2n) is 6.12. The molecule has 7 heteroatoms. The molecule has 0 amide bonds. The molecule has 130 valence electrons. The number of rotatable bonds is 5. The smallest absolute Gasteiger partial charge is 0.422 e. The molecule has 0 heterocycles. The SMILES string of the molecule is CCNC(=NCc1ccc(OCC(F)(F)F)cc1)NC(C)(C)C. The van der Waals surface area contributed by atoms with Crippen LogP contribution < -0.4 is 15.4 Å². The topological polar surface area (TPSA) is 45.7 Å². The Hall–Kier alpha value is -1.92. The van der Waals surface area contributed by atoms with Crippen molar-refractivity contribution in [1.29, 1.82) is 0 Å². The van der Waals surface area contributed by atoms with Crippen molar-refractivity contribution in [1.82, 2.24) is 10.6 Å². The van der Waals surface area contributed by atoms with Crippen LogP contribution in [0.25, 0.3) is 0 Å². The van der Waals surface area contributed by atoms with Gasteiger partial charge in [0.1, 0.15) is 5.75 Å². The highest BCUT2D eigenvalue weighted by molar-refractivity contribution is 5.80. The van der Waals surface area contributed by atoms with Gasteiger partial charge < -0.3 is 15.4 Å². The normalized spacial score (nSPS) is 12.9. The van der Waals surface area contributed by atoms with Crippen LogP contribution >= 0.6 is 0 Å². The van der Waals surface area contributed by atoms with Crippen LogP contribution in [-0.2, 0) is 6.54 Å². The van der Waals surface area contributed by atoms with Crippen molar-refractivity contribution >= 4 is 5.96 Å². The van der Waals surface area contributed by atoms with E-state index in [-0.39, 0.29) is 11.3 Å². The summed E-state index contributed by atoms with van der Waals surface area (Å²) in [6, 6.07) is 6.44. The van der Waals surface area contributed by atoms with Crippen molar-refractivity contribution in [3.05, 3.63) is 29.8 Å². The maximum Gasteiger partial charge on any atom is 0.422 e. The van der Waals surface area contributed by atoms with Crippen LogP contribution in [0.3, 0.4) is 0 Å². The summed E-state index contributed by atoms with van der Waals surface area (Å²) in [7, 11) is 0. The zero-order valence-corrected chi connectivity index (χ0v) is 13.9. The predicted molar refractivity (Wildman–Crippen MR) is 85.7 cm³/mol. The van der Waals surface area contributed by atoms with Crippen molar-refractivity contribution in [3.63, 3.8) is 0 Å². The summed E-state index contributed by atoms with van der Waals surface area (Å²) in [4.78, 5) is 4.46. The first-order chi connectivity index (χ1) is 10.6. The van der Waals surface area contributed by atoms with Gasteiger partial charge in [0.25, 0.3) is 0 Å². The van der Waals surface area contributed by atoms with E-state index < -0.39 is 12.8 Å². The van der Waals surface area contributed by atoms with Gasteiger partial charge in [0, 0.05) is 12.1 Å². The monoisotopic (exact) mass is 331 g/mol. The number of benzene rings is 1. The Morgan fingerprint density at radius 1 is 1.13 bits per heavy atom. The second kappa shape index (κ2) is 8.08. The van der Waals surface area contributed by atoms with E-state index in [1.54, 1.807) is 12.1 Å². The van der Waals surface area contributed by atoms with Crippen molar-refractivity contribution in [2.24, 2.45) is 4.99 Å².